The van der Waals surface area contributed by atoms with E-state index in [2.05, 4.69) is 0 Å². The third-order valence-corrected chi connectivity index (χ3v) is 3.59. The standard InChI is InChI=1S/C13H17NO2S/c1-10(8-12-4-3-7-17-12)13(15)14-5-6-16-11(2)9-14/h3-4,7-8,11H,5-6,9H2,1-2H3/b10-8+. The van der Waals surface area contributed by atoms with E-state index in [1.807, 2.05) is 42.3 Å². The van der Waals surface area contributed by atoms with Gasteiger partial charge in [0.15, 0.2) is 0 Å². The predicted molar refractivity (Wildman–Crippen MR) is 70.0 cm³/mol. The summed E-state index contributed by atoms with van der Waals surface area (Å²) in [5.74, 6) is 0.119. The second-order valence-corrected chi connectivity index (χ2v) is 5.25. The first-order valence-electron chi connectivity index (χ1n) is 5.79. The zero-order valence-corrected chi connectivity index (χ0v) is 11.0. The number of ether oxygens (including phenoxy) is 1. The molecule has 17 heavy (non-hydrogen) atoms. The smallest absolute Gasteiger partial charge is 0.249 e. The highest BCUT2D eigenvalue weighted by molar-refractivity contribution is 7.10. The van der Waals surface area contributed by atoms with Crippen molar-refractivity contribution in [2.24, 2.45) is 0 Å². The quantitative estimate of drug-likeness (QED) is 0.755. The van der Waals surface area contributed by atoms with Crippen LogP contribution in [0, 0.1) is 0 Å². The van der Waals surface area contributed by atoms with Gasteiger partial charge in [-0.25, -0.2) is 0 Å². The molecule has 0 N–H and O–H groups in total. The van der Waals surface area contributed by atoms with Crippen LogP contribution in [0.4, 0.5) is 0 Å². The van der Waals surface area contributed by atoms with Gasteiger partial charge in [0.25, 0.3) is 0 Å². The van der Waals surface area contributed by atoms with E-state index < -0.39 is 0 Å². The number of nitrogens with zero attached hydrogens (tertiary/aromatic N) is 1. The van der Waals surface area contributed by atoms with E-state index in [1.165, 1.54) is 0 Å². The van der Waals surface area contributed by atoms with E-state index in [-0.39, 0.29) is 12.0 Å². The number of morpholine rings is 1. The highest BCUT2D eigenvalue weighted by Crippen LogP contribution is 2.15. The number of thiophene rings is 1. The molecule has 1 saturated heterocycles. The maximum absolute atomic E-state index is 12.2. The molecule has 0 radical (unpaired) electrons. The molecule has 0 bridgehead atoms. The molecule has 1 aliphatic heterocycles. The molecule has 3 nitrogen and oxygen atoms in total. The van der Waals surface area contributed by atoms with Crippen molar-refractivity contribution in [3.05, 3.63) is 28.0 Å². The minimum absolute atomic E-state index is 0.119. The summed E-state index contributed by atoms with van der Waals surface area (Å²) in [5, 5.41) is 2.01. The van der Waals surface area contributed by atoms with E-state index in [0.29, 0.717) is 19.7 Å². The number of carbonyl (C=O) groups excluding carboxylic acids is 1. The van der Waals surface area contributed by atoms with Crippen LogP contribution >= 0.6 is 11.3 Å². The first-order valence-corrected chi connectivity index (χ1v) is 6.67. The Hall–Kier alpha value is -1.13. The molecule has 1 atom stereocenters. The summed E-state index contributed by atoms with van der Waals surface area (Å²) in [5.41, 5.74) is 0.793. The fourth-order valence-electron chi connectivity index (χ4n) is 1.90. The molecule has 92 valence electrons. The van der Waals surface area contributed by atoms with Crippen LogP contribution in [0.5, 0.6) is 0 Å². The van der Waals surface area contributed by atoms with Crippen molar-refractivity contribution in [2.75, 3.05) is 19.7 Å². The third kappa shape index (κ3) is 3.17. The van der Waals surface area contributed by atoms with Gasteiger partial charge in [0.1, 0.15) is 0 Å². The Labute approximate surface area is 106 Å². The van der Waals surface area contributed by atoms with Crippen LogP contribution in [0.3, 0.4) is 0 Å². The van der Waals surface area contributed by atoms with Gasteiger partial charge in [0.05, 0.1) is 12.7 Å². The Balaban J connectivity index is 2.04. The summed E-state index contributed by atoms with van der Waals surface area (Å²) in [6.45, 7) is 5.90. The third-order valence-electron chi connectivity index (χ3n) is 2.77. The van der Waals surface area contributed by atoms with Gasteiger partial charge in [-0.15, -0.1) is 11.3 Å². The molecule has 0 spiro atoms. The van der Waals surface area contributed by atoms with Crippen LogP contribution in [-0.2, 0) is 9.53 Å². The molecular weight excluding hydrogens is 234 g/mol. The number of rotatable bonds is 2. The van der Waals surface area contributed by atoms with Crippen LogP contribution in [0.1, 0.15) is 18.7 Å². The zero-order chi connectivity index (χ0) is 12.3. The summed E-state index contributed by atoms with van der Waals surface area (Å²) in [6.07, 6.45) is 2.09. The second-order valence-electron chi connectivity index (χ2n) is 4.28. The molecule has 0 aliphatic carbocycles. The zero-order valence-electron chi connectivity index (χ0n) is 10.2. The molecule has 1 fully saturated rings. The number of hydrogen-bond acceptors (Lipinski definition) is 3. The average molecular weight is 251 g/mol. The molecule has 1 aliphatic rings. The van der Waals surface area contributed by atoms with E-state index in [1.54, 1.807) is 11.3 Å². The Morgan fingerprint density at radius 3 is 3.12 bits per heavy atom. The molecular formula is C13H17NO2S. The van der Waals surface area contributed by atoms with Crippen molar-refractivity contribution >= 4 is 23.3 Å². The summed E-state index contributed by atoms with van der Waals surface area (Å²) in [6, 6.07) is 4.01. The lowest BCUT2D eigenvalue weighted by Gasteiger charge is -2.31. The van der Waals surface area contributed by atoms with Crippen LogP contribution in [0.25, 0.3) is 6.08 Å². The van der Waals surface area contributed by atoms with Gasteiger partial charge in [-0.2, -0.15) is 0 Å². The minimum Gasteiger partial charge on any atom is -0.375 e. The van der Waals surface area contributed by atoms with Gasteiger partial charge in [-0.1, -0.05) is 6.07 Å². The van der Waals surface area contributed by atoms with Crippen molar-refractivity contribution in [3.8, 4) is 0 Å². The average Bonchev–Trinajstić information content (AvgIpc) is 2.80. The summed E-state index contributed by atoms with van der Waals surface area (Å²) < 4.78 is 5.43. The summed E-state index contributed by atoms with van der Waals surface area (Å²) >= 11 is 1.64. The monoisotopic (exact) mass is 251 g/mol. The predicted octanol–water partition coefficient (Wildman–Crippen LogP) is 2.40. The molecule has 2 heterocycles. The van der Waals surface area contributed by atoms with E-state index in [0.717, 1.165) is 10.5 Å². The molecule has 1 aromatic rings. The van der Waals surface area contributed by atoms with Crippen LogP contribution in [0.15, 0.2) is 23.1 Å². The number of carbonyl (C=O) groups is 1. The number of amides is 1. The van der Waals surface area contributed by atoms with Gasteiger partial charge in [-0.05, 0) is 31.4 Å². The van der Waals surface area contributed by atoms with Gasteiger partial charge in [0, 0.05) is 23.5 Å². The van der Waals surface area contributed by atoms with Gasteiger partial charge >= 0.3 is 0 Å². The normalized spacial score (nSPS) is 21.6. The van der Waals surface area contributed by atoms with Crippen molar-refractivity contribution < 1.29 is 9.53 Å². The molecule has 1 unspecified atom stereocenters. The Bertz CT molecular complexity index is 411. The van der Waals surface area contributed by atoms with Gasteiger partial charge < -0.3 is 9.64 Å². The number of hydrogen-bond donors (Lipinski definition) is 0. The summed E-state index contributed by atoms with van der Waals surface area (Å²) in [7, 11) is 0. The maximum Gasteiger partial charge on any atom is 0.249 e. The Morgan fingerprint density at radius 1 is 1.65 bits per heavy atom. The van der Waals surface area contributed by atoms with Gasteiger partial charge in [0.2, 0.25) is 5.91 Å². The lowest BCUT2D eigenvalue weighted by molar-refractivity contribution is -0.133. The topological polar surface area (TPSA) is 29.5 Å². The maximum atomic E-state index is 12.2. The van der Waals surface area contributed by atoms with Crippen LogP contribution < -0.4 is 0 Å². The molecule has 2 rings (SSSR count). The lowest BCUT2D eigenvalue weighted by Crippen LogP contribution is -2.44. The Morgan fingerprint density at radius 2 is 2.47 bits per heavy atom. The molecule has 0 saturated carbocycles. The largest absolute Gasteiger partial charge is 0.375 e. The van der Waals surface area contributed by atoms with E-state index in [9.17, 15) is 4.79 Å². The fraction of sp³-hybridized carbons (Fsp3) is 0.462. The highest BCUT2D eigenvalue weighted by atomic mass is 32.1. The van der Waals surface area contributed by atoms with Crippen molar-refractivity contribution in [1.29, 1.82) is 0 Å². The van der Waals surface area contributed by atoms with E-state index >= 15 is 0 Å². The minimum atomic E-state index is 0.119. The Kier molecular flexibility index (Phi) is 3.97. The SMILES string of the molecule is C/C(=C\c1cccs1)C(=O)N1CCOC(C)C1. The van der Waals surface area contributed by atoms with Crippen LogP contribution in [-0.4, -0.2) is 36.6 Å². The second kappa shape index (κ2) is 5.47. The lowest BCUT2D eigenvalue weighted by atomic mass is 10.2. The molecule has 1 amide bonds. The first kappa shape index (κ1) is 12.3. The first-order chi connectivity index (χ1) is 8.16. The van der Waals surface area contributed by atoms with Crippen molar-refractivity contribution in [3.63, 3.8) is 0 Å². The molecule has 1 aromatic heterocycles. The van der Waals surface area contributed by atoms with Gasteiger partial charge in [-0.3, -0.25) is 4.79 Å². The van der Waals surface area contributed by atoms with Crippen LogP contribution in [0.2, 0.25) is 0 Å². The molecule has 0 aromatic carbocycles. The summed E-state index contributed by atoms with van der Waals surface area (Å²) in [4.78, 5) is 15.2. The molecule has 4 heteroatoms. The highest BCUT2D eigenvalue weighted by Gasteiger charge is 2.22. The van der Waals surface area contributed by atoms with Crippen molar-refractivity contribution in [1.82, 2.24) is 4.90 Å². The van der Waals surface area contributed by atoms with E-state index in [4.69, 9.17) is 4.74 Å². The van der Waals surface area contributed by atoms with Crippen molar-refractivity contribution in [2.45, 2.75) is 20.0 Å². The fourth-order valence-corrected chi connectivity index (χ4v) is 2.62.